The summed E-state index contributed by atoms with van der Waals surface area (Å²) in [5.41, 5.74) is 9.66. The van der Waals surface area contributed by atoms with E-state index in [1.54, 1.807) is 0 Å². The molecule has 2 heterocycles. The van der Waals surface area contributed by atoms with Gasteiger partial charge < -0.3 is 14.4 Å². The lowest BCUT2D eigenvalue weighted by Crippen LogP contribution is -2.38. The predicted molar refractivity (Wildman–Crippen MR) is 147 cm³/mol. The van der Waals surface area contributed by atoms with Crippen LogP contribution in [0.2, 0.25) is 0 Å². The number of hydrogen-bond acceptors (Lipinski definition) is 8. The first-order valence-electron chi connectivity index (χ1n) is 13.6. The Hall–Kier alpha value is -2.71. The van der Waals surface area contributed by atoms with Gasteiger partial charge in [-0.25, -0.2) is 0 Å². The molecule has 8 heteroatoms. The standard InChI is InChI=1S/C28H42N6O2/c1-5-10-34(11-6-2)27-20-26(29-28(30-27)36-17-14-33-12-15-35-16-13-33)32-31-25-9-7-8-23-22(4)18-21(3)19-24(23)25/h18-20H,5-17H2,1-4H3,(H,29,30,32)/b31-25+. The third-order valence-electron chi connectivity index (χ3n) is 6.82. The Balaban J connectivity index is 1.55. The third kappa shape index (κ3) is 6.95. The van der Waals surface area contributed by atoms with E-state index in [1.165, 1.54) is 22.3 Å². The Labute approximate surface area is 216 Å². The largest absolute Gasteiger partial charge is 0.462 e. The van der Waals surface area contributed by atoms with E-state index in [4.69, 9.17) is 19.6 Å². The lowest BCUT2D eigenvalue weighted by Gasteiger charge is -2.26. The minimum atomic E-state index is 0.399. The molecule has 36 heavy (non-hydrogen) atoms. The average Bonchev–Trinajstić information content (AvgIpc) is 2.88. The molecule has 0 saturated carbocycles. The maximum absolute atomic E-state index is 6.06. The fraction of sp³-hybridized carbons (Fsp3) is 0.607. The summed E-state index contributed by atoms with van der Waals surface area (Å²) in [5, 5.41) is 4.84. The van der Waals surface area contributed by atoms with Crippen LogP contribution in [0.15, 0.2) is 23.3 Å². The Morgan fingerprint density at radius 3 is 2.58 bits per heavy atom. The van der Waals surface area contributed by atoms with Gasteiger partial charge in [0.05, 0.1) is 18.9 Å². The fourth-order valence-electron chi connectivity index (χ4n) is 5.06. The summed E-state index contributed by atoms with van der Waals surface area (Å²) in [6.07, 6.45) is 5.29. The highest BCUT2D eigenvalue weighted by Crippen LogP contribution is 2.27. The van der Waals surface area contributed by atoms with Gasteiger partial charge in [-0.1, -0.05) is 25.5 Å². The second-order valence-corrected chi connectivity index (χ2v) is 9.82. The minimum absolute atomic E-state index is 0.399. The number of morpholine rings is 1. The van der Waals surface area contributed by atoms with Crippen molar-refractivity contribution in [3.63, 3.8) is 0 Å². The summed E-state index contributed by atoms with van der Waals surface area (Å²) in [6, 6.07) is 6.92. The number of aryl methyl sites for hydroxylation is 2. The van der Waals surface area contributed by atoms with Crippen LogP contribution in [0, 0.1) is 13.8 Å². The minimum Gasteiger partial charge on any atom is -0.462 e. The highest BCUT2D eigenvalue weighted by molar-refractivity contribution is 6.03. The Morgan fingerprint density at radius 1 is 1.06 bits per heavy atom. The molecule has 8 nitrogen and oxygen atoms in total. The van der Waals surface area contributed by atoms with Crippen molar-refractivity contribution in [1.29, 1.82) is 0 Å². The molecule has 1 aromatic carbocycles. The smallest absolute Gasteiger partial charge is 0.320 e. The molecule has 1 N–H and O–H groups in total. The molecule has 0 spiro atoms. The summed E-state index contributed by atoms with van der Waals surface area (Å²) < 4.78 is 11.5. The molecule has 0 unspecified atom stereocenters. The van der Waals surface area contributed by atoms with Crippen LogP contribution in [-0.4, -0.2) is 73.1 Å². The molecule has 0 atom stereocenters. The van der Waals surface area contributed by atoms with Gasteiger partial charge in [0.1, 0.15) is 12.4 Å². The summed E-state index contributed by atoms with van der Waals surface area (Å²) >= 11 is 0. The molecule has 0 amide bonds. The van der Waals surface area contributed by atoms with Crippen LogP contribution >= 0.6 is 0 Å². The quantitative estimate of drug-likeness (QED) is 0.458. The molecule has 2 aromatic rings. The molecule has 1 saturated heterocycles. The number of hydrogen-bond donors (Lipinski definition) is 1. The SMILES string of the molecule is CCCN(CCC)c1cc(N/N=C2\CCCc3c(C)cc(C)cc32)nc(OCCN2CCOCC2)n1. The number of nitrogens with one attached hydrogen (secondary N) is 1. The van der Waals surface area contributed by atoms with Crippen LogP contribution in [0.25, 0.3) is 0 Å². The van der Waals surface area contributed by atoms with Gasteiger partial charge in [0.2, 0.25) is 0 Å². The van der Waals surface area contributed by atoms with E-state index >= 15 is 0 Å². The fourth-order valence-corrected chi connectivity index (χ4v) is 5.06. The molecule has 4 rings (SSSR count). The molecule has 2 aliphatic rings. The molecule has 1 aliphatic heterocycles. The molecule has 1 aromatic heterocycles. The van der Waals surface area contributed by atoms with Crippen molar-refractivity contribution >= 4 is 17.3 Å². The van der Waals surface area contributed by atoms with Gasteiger partial charge in [-0.15, -0.1) is 0 Å². The van der Waals surface area contributed by atoms with Crippen molar-refractivity contribution < 1.29 is 9.47 Å². The van der Waals surface area contributed by atoms with Crippen molar-refractivity contribution in [2.24, 2.45) is 5.10 Å². The van der Waals surface area contributed by atoms with Crippen LogP contribution in [0.3, 0.4) is 0 Å². The van der Waals surface area contributed by atoms with Crippen LogP contribution < -0.4 is 15.1 Å². The maximum atomic E-state index is 6.06. The second kappa shape index (κ2) is 13.0. The highest BCUT2D eigenvalue weighted by atomic mass is 16.5. The van der Waals surface area contributed by atoms with E-state index in [2.05, 4.69) is 60.0 Å². The van der Waals surface area contributed by atoms with Crippen molar-refractivity contribution in [2.75, 3.05) is 62.9 Å². The first-order valence-corrected chi connectivity index (χ1v) is 13.6. The summed E-state index contributed by atoms with van der Waals surface area (Å²) in [6.45, 7) is 15.5. The summed E-state index contributed by atoms with van der Waals surface area (Å²) in [5.74, 6) is 1.55. The molecular weight excluding hydrogens is 452 g/mol. The number of benzene rings is 1. The number of fused-ring (bicyclic) bond motifs is 1. The lowest BCUT2D eigenvalue weighted by atomic mass is 9.86. The monoisotopic (exact) mass is 494 g/mol. The number of hydrazone groups is 1. The van der Waals surface area contributed by atoms with Gasteiger partial charge in [-0.3, -0.25) is 10.3 Å². The lowest BCUT2D eigenvalue weighted by molar-refractivity contribution is 0.0317. The van der Waals surface area contributed by atoms with Gasteiger partial charge >= 0.3 is 6.01 Å². The Bertz CT molecular complexity index is 1030. The normalized spacial score (nSPS) is 17.2. The van der Waals surface area contributed by atoms with E-state index in [-0.39, 0.29) is 0 Å². The van der Waals surface area contributed by atoms with E-state index in [1.807, 2.05) is 6.07 Å². The molecule has 0 radical (unpaired) electrons. The van der Waals surface area contributed by atoms with Gasteiger partial charge in [-0.2, -0.15) is 15.1 Å². The van der Waals surface area contributed by atoms with Gasteiger partial charge in [0, 0.05) is 44.4 Å². The van der Waals surface area contributed by atoms with E-state index in [0.717, 1.165) is 89.6 Å². The van der Waals surface area contributed by atoms with E-state index < -0.39 is 0 Å². The maximum Gasteiger partial charge on any atom is 0.320 e. The molecule has 1 fully saturated rings. The van der Waals surface area contributed by atoms with Crippen molar-refractivity contribution in [2.45, 2.75) is 59.8 Å². The number of aromatic nitrogens is 2. The van der Waals surface area contributed by atoms with Crippen LogP contribution in [0.1, 0.15) is 61.8 Å². The van der Waals surface area contributed by atoms with Gasteiger partial charge in [0.25, 0.3) is 0 Å². The van der Waals surface area contributed by atoms with Crippen LogP contribution in [-0.2, 0) is 11.2 Å². The summed E-state index contributed by atoms with van der Waals surface area (Å²) in [7, 11) is 0. The zero-order valence-corrected chi connectivity index (χ0v) is 22.5. The predicted octanol–water partition coefficient (Wildman–Crippen LogP) is 4.58. The van der Waals surface area contributed by atoms with Crippen LogP contribution in [0.4, 0.5) is 11.6 Å². The average molecular weight is 495 g/mol. The topological polar surface area (TPSA) is 75.1 Å². The third-order valence-corrected chi connectivity index (χ3v) is 6.82. The van der Waals surface area contributed by atoms with Gasteiger partial charge in [-0.05, 0) is 63.1 Å². The van der Waals surface area contributed by atoms with Crippen molar-refractivity contribution in [1.82, 2.24) is 14.9 Å². The van der Waals surface area contributed by atoms with Crippen molar-refractivity contribution in [3.05, 3.63) is 40.5 Å². The number of anilines is 2. The zero-order chi connectivity index (χ0) is 25.3. The molecule has 0 bridgehead atoms. The Kier molecular flexibility index (Phi) is 9.53. The molecular formula is C28H42N6O2. The van der Waals surface area contributed by atoms with E-state index in [0.29, 0.717) is 18.4 Å². The van der Waals surface area contributed by atoms with Crippen molar-refractivity contribution in [3.8, 4) is 6.01 Å². The first-order chi connectivity index (χ1) is 17.6. The first kappa shape index (κ1) is 26.4. The highest BCUT2D eigenvalue weighted by Gasteiger charge is 2.19. The summed E-state index contributed by atoms with van der Waals surface area (Å²) in [4.78, 5) is 14.1. The molecule has 196 valence electrons. The van der Waals surface area contributed by atoms with Gasteiger partial charge in [0.15, 0.2) is 5.82 Å². The zero-order valence-electron chi connectivity index (χ0n) is 22.5. The second-order valence-electron chi connectivity index (χ2n) is 9.82. The van der Waals surface area contributed by atoms with E-state index in [9.17, 15) is 0 Å². The number of ether oxygens (including phenoxy) is 2. The molecule has 1 aliphatic carbocycles. The number of rotatable bonds is 11. The Morgan fingerprint density at radius 2 is 1.83 bits per heavy atom. The number of nitrogens with zero attached hydrogens (tertiary/aromatic N) is 5. The van der Waals surface area contributed by atoms with Crippen LogP contribution in [0.5, 0.6) is 6.01 Å².